The topological polar surface area (TPSA) is 60.7 Å². The molecule has 28 heavy (non-hydrogen) atoms. The SMILES string of the molecule is COc1cc2c(cc1NC(=O)[C@@H](C)Oc1ccc(C)cc1)oc1ccccc12. The van der Waals surface area contributed by atoms with Gasteiger partial charge < -0.3 is 19.2 Å². The Morgan fingerprint density at radius 2 is 1.75 bits per heavy atom. The number of para-hydroxylation sites is 1. The normalized spacial score (nSPS) is 12.1. The molecule has 0 saturated carbocycles. The Labute approximate surface area is 162 Å². The fraction of sp³-hybridized carbons (Fsp3) is 0.174. The highest BCUT2D eigenvalue weighted by molar-refractivity contribution is 6.08. The Balaban J connectivity index is 1.59. The Morgan fingerprint density at radius 1 is 1.00 bits per heavy atom. The molecule has 3 aromatic carbocycles. The van der Waals surface area contributed by atoms with Gasteiger partial charge >= 0.3 is 0 Å². The number of rotatable bonds is 5. The zero-order chi connectivity index (χ0) is 19.7. The monoisotopic (exact) mass is 375 g/mol. The second-order valence-electron chi connectivity index (χ2n) is 6.71. The molecular formula is C23H21NO4. The summed E-state index contributed by atoms with van der Waals surface area (Å²) in [4.78, 5) is 12.6. The van der Waals surface area contributed by atoms with E-state index < -0.39 is 6.10 Å². The second-order valence-corrected chi connectivity index (χ2v) is 6.71. The van der Waals surface area contributed by atoms with Crippen LogP contribution in [0.5, 0.6) is 11.5 Å². The molecule has 1 N–H and O–H groups in total. The quantitative estimate of drug-likeness (QED) is 0.514. The standard InChI is InChI=1S/C23H21NO4/c1-14-8-10-16(11-9-14)27-15(2)23(25)24-19-13-21-18(12-22(19)26-3)17-6-4-5-7-20(17)28-21/h4-13,15H,1-3H3,(H,24,25)/t15-/m1/s1. The Bertz CT molecular complexity index is 1140. The summed E-state index contributed by atoms with van der Waals surface area (Å²) in [6.07, 6.45) is -0.668. The van der Waals surface area contributed by atoms with Gasteiger partial charge in [-0.1, -0.05) is 35.9 Å². The number of methoxy groups -OCH3 is 1. The van der Waals surface area contributed by atoms with E-state index in [2.05, 4.69) is 5.32 Å². The van der Waals surface area contributed by atoms with Crippen LogP contribution in [0.3, 0.4) is 0 Å². The maximum atomic E-state index is 12.6. The lowest BCUT2D eigenvalue weighted by Gasteiger charge is -2.16. The number of ether oxygens (including phenoxy) is 2. The maximum absolute atomic E-state index is 12.6. The molecule has 5 heteroatoms. The van der Waals surface area contributed by atoms with Crippen LogP contribution in [-0.2, 0) is 4.79 Å². The van der Waals surface area contributed by atoms with Crippen molar-refractivity contribution >= 4 is 33.5 Å². The summed E-state index contributed by atoms with van der Waals surface area (Å²) in [5, 5.41) is 4.82. The molecule has 0 radical (unpaired) electrons. The maximum Gasteiger partial charge on any atom is 0.265 e. The van der Waals surface area contributed by atoms with Crippen molar-refractivity contribution in [3.8, 4) is 11.5 Å². The van der Waals surface area contributed by atoms with Gasteiger partial charge in [0.05, 0.1) is 12.8 Å². The number of nitrogens with one attached hydrogen (secondary N) is 1. The first-order chi connectivity index (χ1) is 13.5. The molecule has 5 nitrogen and oxygen atoms in total. The van der Waals surface area contributed by atoms with Gasteiger partial charge in [-0.3, -0.25) is 4.79 Å². The van der Waals surface area contributed by atoms with Crippen LogP contribution < -0.4 is 14.8 Å². The van der Waals surface area contributed by atoms with E-state index in [9.17, 15) is 4.79 Å². The van der Waals surface area contributed by atoms with E-state index in [0.717, 1.165) is 21.9 Å². The van der Waals surface area contributed by atoms with Crippen LogP contribution in [0.25, 0.3) is 21.9 Å². The van der Waals surface area contributed by atoms with Gasteiger partial charge in [-0.05, 0) is 38.1 Å². The third kappa shape index (κ3) is 3.39. The van der Waals surface area contributed by atoms with Gasteiger partial charge in [-0.2, -0.15) is 0 Å². The van der Waals surface area contributed by atoms with E-state index >= 15 is 0 Å². The molecule has 0 aliphatic rings. The largest absolute Gasteiger partial charge is 0.495 e. The van der Waals surface area contributed by atoms with Crippen molar-refractivity contribution in [2.75, 3.05) is 12.4 Å². The average molecular weight is 375 g/mol. The Morgan fingerprint density at radius 3 is 2.50 bits per heavy atom. The van der Waals surface area contributed by atoms with Crippen molar-refractivity contribution in [2.24, 2.45) is 0 Å². The van der Waals surface area contributed by atoms with Gasteiger partial charge in [0, 0.05) is 16.8 Å². The van der Waals surface area contributed by atoms with Crippen molar-refractivity contribution in [1.29, 1.82) is 0 Å². The molecule has 0 unspecified atom stereocenters. The average Bonchev–Trinajstić information content (AvgIpc) is 3.06. The second kappa shape index (κ2) is 7.27. The van der Waals surface area contributed by atoms with Gasteiger partial charge in [0.2, 0.25) is 0 Å². The number of carbonyl (C=O) groups is 1. The van der Waals surface area contributed by atoms with Crippen LogP contribution in [0, 0.1) is 6.92 Å². The van der Waals surface area contributed by atoms with Crippen molar-refractivity contribution in [2.45, 2.75) is 20.0 Å². The molecule has 1 aromatic heterocycles. The van der Waals surface area contributed by atoms with Gasteiger partial charge in [0.25, 0.3) is 5.91 Å². The van der Waals surface area contributed by atoms with E-state index in [0.29, 0.717) is 22.8 Å². The molecule has 1 atom stereocenters. The zero-order valence-corrected chi connectivity index (χ0v) is 16.0. The van der Waals surface area contributed by atoms with E-state index in [1.165, 1.54) is 0 Å². The molecule has 0 bridgehead atoms. The van der Waals surface area contributed by atoms with Crippen LogP contribution in [-0.4, -0.2) is 19.1 Å². The molecule has 4 rings (SSSR count). The minimum Gasteiger partial charge on any atom is -0.495 e. The van der Waals surface area contributed by atoms with Crippen molar-refractivity contribution in [1.82, 2.24) is 0 Å². The van der Waals surface area contributed by atoms with Crippen LogP contribution in [0.1, 0.15) is 12.5 Å². The van der Waals surface area contributed by atoms with Crippen molar-refractivity contribution < 1.29 is 18.7 Å². The highest BCUT2D eigenvalue weighted by Gasteiger charge is 2.19. The Hall–Kier alpha value is -3.47. The molecule has 0 aliphatic carbocycles. The van der Waals surface area contributed by atoms with Crippen LogP contribution in [0.15, 0.2) is 65.1 Å². The third-order valence-corrected chi connectivity index (χ3v) is 4.66. The van der Waals surface area contributed by atoms with Crippen molar-refractivity contribution in [3.63, 3.8) is 0 Å². The van der Waals surface area contributed by atoms with E-state index in [1.807, 2.05) is 61.5 Å². The molecule has 0 saturated heterocycles. The fourth-order valence-electron chi connectivity index (χ4n) is 3.13. The number of benzene rings is 3. The third-order valence-electron chi connectivity index (χ3n) is 4.66. The number of hydrogen-bond donors (Lipinski definition) is 1. The summed E-state index contributed by atoms with van der Waals surface area (Å²) in [6, 6.07) is 19.0. The minimum atomic E-state index is -0.668. The molecule has 0 fully saturated rings. The molecule has 1 heterocycles. The van der Waals surface area contributed by atoms with Crippen LogP contribution in [0.2, 0.25) is 0 Å². The summed E-state index contributed by atoms with van der Waals surface area (Å²) in [6.45, 7) is 3.71. The molecule has 0 spiro atoms. The van der Waals surface area contributed by atoms with Crippen molar-refractivity contribution in [3.05, 3.63) is 66.2 Å². The number of amides is 1. The Kier molecular flexibility index (Phi) is 4.65. The lowest BCUT2D eigenvalue weighted by Crippen LogP contribution is -2.30. The van der Waals surface area contributed by atoms with E-state index in [1.54, 1.807) is 20.1 Å². The van der Waals surface area contributed by atoms with Gasteiger partial charge in [0.1, 0.15) is 22.7 Å². The number of anilines is 1. The smallest absolute Gasteiger partial charge is 0.265 e. The van der Waals surface area contributed by atoms with E-state index in [4.69, 9.17) is 13.9 Å². The number of furan rings is 1. The summed E-state index contributed by atoms with van der Waals surface area (Å²) < 4.78 is 17.1. The predicted molar refractivity (Wildman–Crippen MR) is 110 cm³/mol. The van der Waals surface area contributed by atoms with Crippen LogP contribution in [0.4, 0.5) is 5.69 Å². The summed E-state index contributed by atoms with van der Waals surface area (Å²) >= 11 is 0. The van der Waals surface area contributed by atoms with E-state index in [-0.39, 0.29) is 5.91 Å². The lowest BCUT2D eigenvalue weighted by molar-refractivity contribution is -0.122. The summed E-state index contributed by atoms with van der Waals surface area (Å²) in [5.74, 6) is 0.942. The first-order valence-electron chi connectivity index (χ1n) is 9.08. The van der Waals surface area contributed by atoms with Crippen LogP contribution >= 0.6 is 0 Å². The molecule has 1 amide bonds. The number of hydrogen-bond acceptors (Lipinski definition) is 4. The summed E-state index contributed by atoms with van der Waals surface area (Å²) in [7, 11) is 1.57. The van der Waals surface area contributed by atoms with Gasteiger partial charge in [-0.25, -0.2) is 0 Å². The first-order valence-corrected chi connectivity index (χ1v) is 9.08. The molecule has 4 aromatic rings. The molecule has 0 aliphatic heterocycles. The number of fused-ring (bicyclic) bond motifs is 3. The highest BCUT2D eigenvalue weighted by atomic mass is 16.5. The summed E-state index contributed by atoms with van der Waals surface area (Å²) in [5.41, 5.74) is 3.15. The fourth-order valence-corrected chi connectivity index (χ4v) is 3.13. The number of carbonyl (C=O) groups excluding carboxylic acids is 1. The van der Waals surface area contributed by atoms with Gasteiger partial charge in [-0.15, -0.1) is 0 Å². The molecular weight excluding hydrogens is 354 g/mol. The lowest BCUT2D eigenvalue weighted by atomic mass is 10.1. The first kappa shape index (κ1) is 17.9. The number of aryl methyl sites for hydroxylation is 1. The predicted octanol–water partition coefficient (Wildman–Crippen LogP) is 5.31. The zero-order valence-electron chi connectivity index (χ0n) is 16.0. The minimum absolute atomic E-state index is 0.269. The molecule has 142 valence electrons. The highest BCUT2D eigenvalue weighted by Crippen LogP contribution is 2.36. The van der Waals surface area contributed by atoms with Gasteiger partial charge in [0.15, 0.2) is 6.10 Å².